The smallest absolute Gasteiger partial charge is 0.238 e. The Kier molecular flexibility index (Phi) is 3.88. The summed E-state index contributed by atoms with van der Waals surface area (Å²) in [6.45, 7) is 0.396. The fraction of sp³-hybridized carbons (Fsp3) is 0.500. The van der Waals surface area contributed by atoms with Crippen molar-refractivity contribution >= 4 is 11.6 Å². The summed E-state index contributed by atoms with van der Waals surface area (Å²) >= 11 is 0. The monoisotopic (exact) mass is 219 g/mol. The van der Waals surface area contributed by atoms with E-state index in [4.69, 9.17) is 0 Å². The third-order valence-corrected chi connectivity index (χ3v) is 2.87. The van der Waals surface area contributed by atoms with Gasteiger partial charge in [-0.05, 0) is 25.0 Å². The maximum absolute atomic E-state index is 11.6. The average Bonchev–Trinajstić information content (AvgIpc) is 2.81. The minimum atomic E-state index is 0.0121. The number of pyridine rings is 1. The molecule has 2 N–H and O–H groups in total. The molecule has 2 rings (SSSR count). The molecule has 1 saturated carbocycles. The van der Waals surface area contributed by atoms with E-state index in [2.05, 4.69) is 15.6 Å². The molecule has 1 heterocycles. The molecule has 16 heavy (non-hydrogen) atoms. The van der Waals surface area contributed by atoms with Gasteiger partial charge in [0.2, 0.25) is 5.91 Å². The van der Waals surface area contributed by atoms with Gasteiger partial charge in [-0.25, -0.2) is 0 Å². The molecule has 1 fully saturated rings. The van der Waals surface area contributed by atoms with Gasteiger partial charge in [0, 0.05) is 24.1 Å². The lowest BCUT2D eigenvalue weighted by Crippen LogP contribution is -2.34. The number of aromatic nitrogens is 1. The second-order valence-electron chi connectivity index (χ2n) is 4.15. The summed E-state index contributed by atoms with van der Waals surface area (Å²) in [5.74, 6) is 0.0121. The first kappa shape index (κ1) is 11.1. The van der Waals surface area contributed by atoms with Crippen LogP contribution in [0, 0.1) is 0 Å². The highest BCUT2D eigenvalue weighted by atomic mass is 16.1. The number of hydrogen-bond acceptors (Lipinski definition) is 3. The Labute approximate surface area is 95.5 Å². The minimum Gasteiger partial charge on any atom is -0.325 e. The summed E-state index contributed by atoms with van der Waals surface area (Å²) in [4.78, 5) is 15.5. The lowest BCUT2D eigenvalue weighted by Gasteiger charge is -2.11. The number of rotatable bonds is 4. The van der Waals surface area contributed by atoms with E-state index < -0.39 is 0 Å². The van der Waals surface area contributed by atoms with Crippen molar-refractivity contribution in [3.8, 4) is 0 Å². The molecule has 4 nitrogen and oxygen atoms in total. The Morgan fingerprint density at radius 3 is 2.69 bits per heavy atom. The van der Waals surface area contributed by atoms with E-state index in [0.717, 1.165) is 5.69 Å². The van der Waals surface area contributed by atoms with Crippen molar-refractivity contribution in [2.24, 2.45) is 0 Å². The van der Waals surface area contributed by atoms with Crippen LogP contribution >= 0.6 is 0 Å². The van der Waals surface area contributed by atoms with Crippen molar-refractivity contribution in [2.75, 3.05) is 11.9 Å². The van der Waals surface area contributed by atoms with Crippen LogP contribution in [0.1, 0.15) is 25.7 Å². The van der Waals surface area contributed by atoms with Gasteiger partial charge in [-0.3, -0.25) is 9.78 Å². The van der Waals surface area contributed by atoms with E-state index in [1.54, 1.807) is 24.5 Å². The van der Waals surface area contributed by atoms with E-state index in [0.29, 0.717) is 12.6 Å². The van der Waals surface area contributed by atoms with Crippen molar-refractivity contribution in [1.82, 2.24) is 10.3 Å². The van der Waals surface area contributed by atoms with Gasteiger partial charge in [0.05, 0.1) is 6.54 Å². The van der Waals surface area contributed by atoms with Crippen LogP contribution in [0.4, 0.5) is 5.69 Å². The highest BCUT2D eigenvalue weighted by Gasteiger charge is 2.15. The van der Waals surface area contributed by atoms with Gasteiger partial charge in [-0.1, -0.05) is 12.8 Å². The average molecular weight is 219 g/mol. The number of nitrogens with zero attached hydrogens (tertiary/aromatic N) is 1. The Balaban J connectivity index is 1.72. The third-order valence-electron chi connectivity index (χ3n) is 2.87. The molecule has 0 saturated heterocycles. The number of anilines is 1. The van der Waals surface area contributed by atoms with Crippen molar-refractivity contribution < 1.29 is 4.79 Å². The molecule has 0 aromatic carbocycles. The molecule has 0 spiro atoms. The van der Waals surface area contributed by atoms with E-state index >= 15 is 0 Å². The van der Waals surface area contributed by atoms with Crippen molar-refractivity contribution in [2.45, 2.75) is 31.7 Å². The van der Waals surface area contributed by atoms with Crippen molar-refractivity contribution in [3.63, 3.8) is 0 Å². The van der Waals surface area contributed by atoms with Crippen LogP contribution in [-0.4, -0.2) is 23.5 Å². The Bertz CT molecular complexity index is 333. The molecule has 0 aliphatic heterocycles. The molecule has 1 aliphatic carbocycles. The largest absolute Gasteiger partial charge is 0.325 e. The molecule has 0 bridgehead atoms. The lowest BCUT2D eigenvalue weighted by molar-refractivity contribution is -0.115. The van der Waals surface area contributed by atoms with Gasteiger partial charge in [0.1, 0.15) is 0 Å². The first-order valence-corrected chi connectivity index (χ1v) is 5.78. The first-order valence-electron chi connectivity index (χ1n) is 5.78. The van der Waals surface area contributed by atoms with Crippen LogP contribution in [0.5, 0.6) is 0 Å². The topological polar surface area (TPSA) is 54.0 Å². The molecule has 0 radical (unpaired) electrons. The quantitative estimate of drug-likeness (QED) is 0.808. The fourth-order valence-electron chi connectivity index (χ4n) is 2.01. The predicted octanol–water partition coefficient (Wildman–Crippen LogP) is 1.55. The van der Waals surface area contributed by atoms with Crippen LogP contribution < -0.4 is 10.6 Å². The highest BCUT2D eigenvalue weighted by molar-refractivity contribution is 5.92. The van der Waals surface area contributed by atoms with Gasteiger partial charge in [-0.15, -0.1) is 0 Å². The van der Waals surface area contributed by atoms with E-state index in [-0.39, 0.29) is 5.91 Å². The Hall–Kier alpha value is -1.42. The first-order chi connectivity index (χ1) is 7.84. The summed E-state index contributed by atoms with van der Waals surface area (Å²) in [6, 6.07) is 4.10. The zero-order chi connectivity index (χ0) is 11.2. The molecule has 1 aliphatic rings. The summed E-state index contributed by atoms with van der Waals surface area (Å²) < 4.78 is 0. The zero-order valence-corrected chi connectivity index (χ0v) is 9.28. The minimum absolute atomic E-state index is 0.0121. The summed E-state index contributed by atoms with van der Waals surface area (Å²) in [5.41, 5.74) is 0.799. The van der Waals surface area contributed by atoms with Crippen LogP contribution in [0.2, 0.25) is 0 Å². The van der Waals surface area contributed by atoms with Gasteiger partial charge in [0.15, 0.2) is 0 Å². The molecule has 1 aromatic rings. The highest BCUT2D eigenvalue weighted by Crippen LogP contribution is 2.17. The van der Waals surface area contributed by atoms with Gasteiger partial charge in [-0.2, -0.15) is 0 Å². The van der Waals surface area contributed by atoms with Crippen LogP contribution in [0.25, 0.3) is 0 Å². The number of carbonyl (C=O) groups is 1. The number of carbonyl (C=O) groups excluding carboxylic acids is 1. The number of hydrogen-bond donors (Lipinski definition) is 2. The zero-order valence-electron chi connectivity index (χ0n) is 9.28. The second-order valence-corrected chi connectivity index (χ2v) is 4.15. The molecule has 0 atom stereocenters. The SMILES string of the molecule is O=C(CNC1CCCC1)Nc1ccncc1. The van der Waals surface area contributed by atoms with Gasteiger partial charge >= 0.3 is 0 Å². The maximum Gasteiger partial charge on any atom is 0.238 e. The molecule has 0 unspecified atom stereocenters. The summed E-state index contributed by atoms with van der Waals surface area (Å²) in [6.07, 6.45) is 8.29. The Morgan fingerprint density at radius 2 is 2.00 bits per heavy atom. The fourth-order valence-corrected chi connectivity index (χ4v) is 2.01. The molecular weight excluding hydrogens is 202 g/mol. The van der Waals surface area contributed by atoms with E-state index in [1.807, 2.05) is 0 Å². The maximum atomic E-state index is 11.6. The number of amides is 1. The van der Waals surface area contributed by atoms with Crippen LogP contribution in [0.15, 0.2) is 24.5 Å². The number of nitrogens with one attached hydrogen (secondary N) is 2. The Morgan fingerprint density at radius 1 is 1.31 bits per heavy atom. The van der Waals surface area contributed by atoms with Crippen molar-refractivity contribution in [3.05, 3.63) is 24.5 Å². The van der Waals surface area contributed by atoms with Gasteiger partial charge in [0.25, 0.3) is 0 Å². The summed E-state index contributed by atoms with van der Waals surface area (Å²) in [5, 5.41) is 6.10. The second kappa shape index (κ2) is 5.61. The summed E-state index contributed by atoms with van der Waals surface area (Å²) in [7, 11) is 0. The predicted molar refractivity (Wildman–Crippen MR) is 63.1 cm³/mol. The van der Waals surface area contributed by atoms with E-state index in [9.17, 15) is 4.79 Å². The van der Waals surface area contributed by atoms with Crippen molar-refractivity contribution in [1.29, 1.82) is 0 Å². The standard InChI is InChI=1S/C12H17N3O/c16-12(9-14-10-3-1-2-4-10)15-11-5-7-13-8-6-11/h5-8,10,14H,1-4,9H2,(H,13,15,16). The lowest BCUT2D eigenvalue weighted by atomic mass is 10.2. The van der Waals surface area contributed by atoms with Gasteiger partial charge < -0.3 is 10.6 Å². The normalized spacial score (nSPS) is 16.2. The van der Waals surface area contributed by atoms with Crippen LogP contribution in [0.3, 0.4) is 0 Å². The molecule has 86 valence electrons. The van der Waals surface area contributed by atoms with Crippen LogP contribution in [-0.2, 0) is 4.79 Å². The van der Waals surface area contributed by atoms with E-state index in [1.165, 1.54) is 25.7 Å². The molecule has 1 amide bonds. The molecular formula is C12H17N3O. The molecule has 4 heteroatoms. The molecule has 1 aromatic heterocycles. The third kappa shape index (κ3) is 3.31.